The zero-order chi connectivity index (χ0) is 20.1. The Hall–Kier alpha value is -2.34. The predicted molar refractivity (Wildman–Crippen MR) is 97.0 cm³/mol. The van der Waals surface area contributed by atoms with Gasteiger partial charge in [-0.2, -0.15) is 0 Å². The van der Waals surface area contributed by atoms with Crippen LogP contribution in [0.25, 0.3) is 11.2 Å². The number of anilines is 1. The number of rotatable bonds is 9. The molecule has 154 valence electrons. The van der Waals surface area contributed by atoms with Crippen molar-refractivity contribution in [3.05, 3.63) is 12.7 Å². The molecule has 0 aliphatic carbocycles. The summed E-state index contributed by atoms with van der Waals surface area (Å²) >= 11 is 0. The molecule has 11 heteroatoms. The van der Waals surface area contributed by atoms with E-state index in [4.69, 9.17) is 19.9 Å². The molecule has 1 fully saturated rings. The summed E-state index contributed by atoms with van der Waals surface area (Å²) < 4.78 is 17.7. The van der Waals surface area contributed by atoms with Crippen LogP contribution in [0.5, 0.6) is 0 Å². The summed E-state index contributed by atoms with van der Waals surface area (Å²) in [4.78, 5) is 23.4. The fraction of sp³-hybridized carbons (Fsp3) is 0.647. The van der Waals surface area contributed by atoms with Crippen LogP contribution in [0.3, 0.4) is 0 Å². The Kier molecular flexibility index (Phi) is 6.73. The number of fused-ring (bicyclic) bond motifs is 1. The Balaban J connectivity index is 1.50. The highest BCUT2D eigenvalue weighted by atomic mass is 16.6. The summed E-state index contributed by atoms with van der Waals surface area (Å²) in [5, 5.41) is 20.7. The minimum atomic E-state index is -1.17. The Morgan fingerprint density at radius 1 is 1.29 bits per heavy atom. The van der Waals surface area contributed by atoms with Crippen molar-refractivity contribution < 1.29 is 29.2 Å². The van der Waals surface area contributed by atoms with Crippen molar-refractivity contribution in [3.63, 3.8) is 0 Å². The van der Waals surface area contributed by atoms with Gasteiger partial charge in [0.15, 0.2) is 17.7 Å². The first-order chi connectivity index (χ1) is 13.5. The first-order valence-corrected chi connectivity index (χ1v) is 9.21. The minimum absolute atomic E-state index is 0.109. The van der Waals surface area contributed by atoms with Crippen molar-refractivity contribution in [1.29, 1.82) is 0 Å². The molecule has 4 N–H and O–H groups in total. The quantitative estimate of drug-likeness (QED) is 0.383. The molecule has 0 unspecified atom stereocenters. The molecule has 0 spiro atoms. The van der Waals surface area contributed by atoms with E-state index < -0.39 is 24.5 Å². The van der Waals surface area contributed by atoms with Crippen LogP contribution in [0.4, 0.5) is 5.82 Å². The lowest BCUT2D eigenvalue weighted by molar-refractivity contribution is -0.143. The molecular formula is C17H25N5O6. The monoisotopic (exact) mass is 395 g/mol. The third-order valence-corrected chi connectivity index (χ3v) is 4.51. The minimum Gasteiger partial charge on any atom is -0.466 e. The normalized spacial score (nSPS) is 24.7. The van der Waals surface area contributed by atoms with Gasteiger partial charge in [-0.15, -0.1) is 0 Å². The molecule has 2 aromatic rings. The number of ether oxygens (including phenoxy) is 3. The molecule has 0 aromatic carbocycles. The van der Waals surface area contributed by atoms with E-state index in [0.717, 1.165) is 0 Å². The first kappa shape index (κ1) is 20.4. The Bertz CT molecular complexity index is 799. The van der Waals surface area contributed by atoms with Gasteiger partial charge in [0.25, 0.3) is 0 Å². The molecule has 28 heavy (non-hydrogen) atoms. The van der Waals surface area contributed by atoms with Gasteiger partial charge in [-0.3, -0.25) is 9.36 Å². The zero-order valence-electron chi connectivity index (χ0n) is 15.6. The number of hydrogen-bond donors (Lipinski definition) is 3. The van der Waals surface area contributed by atoms with E-state index in [-0.39, 0.29) is 18.4 Å². The van der Waals surface area contributed by atoms with Gasteiger partial charge in [0, 0.05) is 13.0 Å². The number of aliphatic hydroxyl groups is 2. The maximum absolute atomic E-state index is 11.3. The van der Waals surface area contributed by atoms with Crippen LogP contribution in [0.1, 0.15) is 32.4 Å². The number of esters is 1. The molecule has 0 radical (unpaired) electrons. The number of carbonyl (C=O) groups is 1. The van der Waals surface area contributed by atoms with Crippen LogP contribution in [-0.2, 0) is 19.0 Å². The number of unbranched alkanes of at least 4 members (excludes halogenated alkanes) is 1. The summed E-state index contributed by atoms with van der Waals surface area (Å²) in [6.07, 6.45) is 0.537. The van der Waals surface area contributed by atoms with Crippen molar-refractivity contribution in [3.8, 4) is 0 Å². The van der Waals surface area contributed by atoms with Gasteiger partial charge < -0.3 is 30.2 Å². The number of imidazole rings is 1. The number of nitrogens with zero attached hydrogens (tertiary/aromatic N) is 4. The highest BCUT2D eigenvalue weighted by molar-refractivity contribution is 5.81. The first-order valence-electron chi connectivity index (χ1n) is 9.21. The Labute approximate surface area is 161 Å². The lowest BCUT2D eigenvalue weighted by Gasteiger charge is -2.16. The fourth-order valence-electron chi connectivity index (χ4n) is 3.06. The fourth-order valence-corrected chi connectivity index (χ4v) is 3.06. The molecule has 2 aromatic heterocycles. The Morgan fingerprint density at radius 2 is 2.11 bits per heavy atom. The molecule has 0 saturated carbocycles. The average molecular weight is 395 g/mol. The molecule has 1 saturated heterocycles. The summed E-state index contributed by atoms with van der Waals surface area (Å²) in [5.41, 5.74) is 6.57. The van der Waals surface area contributed by atoms with E-state index in [1.165, 1.54) is 17.2 Å². The second-order valence-corrected chi connectivity index (χ2v) is 6.47. The van der Waals surface area contributed by atoms with Gasteiger partial charge in [-0.05, 0) is 19.8 Å². The summed E-state index contributed by atoms with van der Waals surface area (Å²) in [6.45, 7) is 2.66. The van der Waals surface area contributed by atoms with Crippen LogP contribution in [-0.4, -0.2) is 73.8 Å². The summed E-state index contributed by atoms with van der Waals surface area (Å²) in [7, 11) is 0. The highest BCUT2D eigenvalue weighted by Gasteiger charge is 2.44. The van der Waals surface area contributed by atoms with Crippen molar-refractivity contribution in [2.24, 2.45) is 0 Å². The summed E-state index contributed by atoms with van der Waals surface area (Å²) in [6, 6.07) is 0. The van der Waals surface area contributed by atoms with Crippen LogP contribution >= 0.6 is 0 Å². The van der Waals surface area contributed by atoms with Crippen LogP contribution in [0.15, 0.2) is 12.7 Å². The number of hydrogen-bond acceptors (Lipinski definition) is 10. The topological polar surface area (TPSA) is 155 Å². The van der Waals surface area contributed by atoms with E-state index in [1.54, 1.807) is 6.92 Å². The second-order valence-electron chi connectivity index (χ2n) is 6.47. The largest absolute Gasteiger partial charge is 0.466 e. The van der Waals surface area contributed by atoms with Gasteiger partial charge in [0.1, 0.15) is 30.2 Å². The lowest BCUT2D eigenvalue weighted by Crippen LogP contribution is -2.33. The van der Waals surface area contributed by atoms with Gasteiger partial charge in [0.2, 0.25) is 0 Å². The Morgan fingerprint density at radius 3 is 2.89 bits per heavy atom. The van der Waals surface area contributed by atoms with E-state index in [0.29, 0.717) is 43.6 Å². The van der Waals surface area contributed by atoms with E-state index >= 15 is 0 Å². The molecule has 1 aliphatic heterocycles. The molecule has 11 nitrogen and oxygen atoms in total. The molecule has 3 rings (SSSR count). The van der Waals surface area contributed by atoms with Gasteiger partial charge >= 0.3 is 5.97 Å². The highest BCUT2D eigenvalue weighted by Crippen LogP contribution is 2.32. The number of aliphatic hydroxyl groups excluding tert-OH is 2. The number of carbonyl (C=O) groups excluding carboxylic acids is 1. The van der Waals surface area contributed by atoms with E-state index in [1.807, 2.05) is 0 Å². The van der Waals surface area contributed by atoms with Crippen molar-refractivity contribution in [2.45, 2.75) is 50.7 Å². The van der Waals surface area contributed by atoms with Gasteiger partial charge in [-0.25, -0.2) is 15.0 Å². The van der Waals surface area contributed by atoms with Gasteiger partial charge in [-0.1, -0.05) is 0 Å². The average Bonchev–Trinajstić information content (AvgIpc) is 3.22. The maximum atomic E-state index is 11.3. The third kappa shape index (κ3) is 4.38. The number of nitrogen functional groups attached to an aromatic ring is 1. The number of nitrogens with two attached hydrogens (primary N) is 1. The summed E-state index contributed by atoms with van der Waals surface area (Å²) in [5.74, 6) is -0.000459. The zero-order valence-corrected chi connectivity index (χ0v) is 15.6. The molecular weight excluding hydrogens is 370 g/mol. The third-order valence-electron chi connectivity index (χ3n) is 4.51. The van der Waals surface area contributed by atoms with Crippen molar-refractivity contribution in [2.75, 3.05) is 25.6 Å². The lowest BCUT2D eigenvalue weighted by atomic mass is 10.1. The van der Waals surface area contributed by atoms with Crippen molar-refractivity contribution in [1.82, 2.24) is 19.5 Å². The molecule has 0 bridgehead atoms. The van der Waals surface area contributed by atoms with E-state index in [2.05, 4.69) is 15.0 Å². The number of aromatic nitrogens is 4. The molecule has 3 heterocycles. The molecule has 1 aliphatic rings. The van der Waals surface area contributed by atoms with Crippen molar-refractivity contribution >= 4 is 23.0 Å². The second kappa shape index (κ2) is 9.24. The smallest absolute Gasteiger partial charge is 0.305 e. The van der Waals surface area contributed by atoms with Crippen LogP contribution in [0, 0.1) is 0 Å². The van der Waals surface area contributed by atoms with Gasteiger partial charge in [0.05, 0.1) is 19.5 Å². The SMILES string of the molecule is CCOC(=O)CCCCOC[C@H]1O[C@@H](n2cnc3c(N)ncnc32)[C@H](O)[C@@H]1O. The van der Waals surface area contributed by atoms with Crippen LogP contribution < -0.4 is 5.73 Å². The molecule has 0 amide bonds. The standard InChI is InChI=1S/C17H25N5O6/c1-2-27-11(23)5-3-4-6-26-7-10-13(24)14(25)17(28-10)22-9-21-12-15(18)19-8-20-16(12)22/h8-10,13-14,17,24-25H,2-7H2,1H3,(H2,18,19,20)/t10-,13-,14-,17-/m1/s1. The maximum Gasteiger partial charge on any atom is 0.305 e. The van der Waals surface area contributed by atoms with Crippen LogP contribution in [0.2, 0.25) is 0 Å². The van der Waals surface area contributed by atoms with E-state index in [9.17, 15) is 15.0 Å². The molecule has 4 atom stereocenters. The predicted octanol–water partition coefficient (Wildman–Crippen LogP) is -0.222.